The van der Waals surface area contributed by atoms with E-state index in [1.807, 2.05) is 13.8 Å². The predicted molar refractivity (Wildman–Crippen MR) is 91.6 cm³/mol. The summed E-state index contributed by atoms with van der Waals surface area (Å²) >= 11 is 0. The van der Waals surface area contributed by atoms with E-state index in [0.29, 0.717) is 32.0 Å². The van der Waals surface area contributed by atoms with Crippen molar-refractivity contribution in [2.75, 3.05) is 37.4 Å². The number of rotatable bonds is 7. The molecule has 0 radical (unpaired) electrons. The van der Waals surface area contributed by atoms with Crippen LogP contribution in [0, 0.1) is 0 Å². The summed E-state index contributed by atoms with van der Waals surface area (Å²) in [7, 11) is -3.42. The Morgan fingerprint density at radius 3 is 2.46 bits per heavy atom. The quantitative estimate of drug-likeness (QED) is 0.800. The lowest BCUT2D eigenvalue weighted by molar-refractivity contribution is -0.115. The lowest BCUT2D eigenvalue weighted by atomic mass is 10.3. The molecule has 2 rings (SSSR count). The van der Waals surface area contributed by atoms with E-state index in [9.17, 15) is 13.2 Å². The van der Waals surface area contributed by atoms with Crippen LogP contribution in [-0.2, 0) is 19.6 Å². The molecule has 0 unspecified atom stereocenters. The largest absolute Gasteiger partial charge is 0.491 e. The Morgan fingerprint density at radius 2 is 1.88 bits per heavy atom. The van der Waals surface area contributed by atoms with Crippen LogP contribution in [0.3, 0.4) is 0 Å². The number of nitrogens with one attached hydrogen (secondary N) is 1. The third kappa shape index (κ3) is 5.77. The smallest absolute Gasteiger partial charge is 0.225 e. The van der Waals surface area contributed by atoms with Gasteiger partial charge < -0.3 is 14.8 Å². The zero-order valence-corrected chi connectivity index (χ0v) is 14.8. The van der Waals surface area contributed by atoms with E-state index in [-0.39, 0.29) is 24.2 Å². The summed E-state index contributed by atoms with van der Waals surface area (Å²) in [5.41, 5.74) is 0.611. The molecule has 1 heterocycles. The van der Waals surface area contributed by atoms with Crippen molar-refractivity contribution < 1.29 is 22.7 Å². The summed E-state index contributed by atoms with van der Waals surface area (Å²) in [6.45, 7) is 5.37. The zero-order valence-electron chi connectivity index (χ0n) is 14.0. The van der Waals surface area contributed by atoms with Crippen LogP contribution in [0.5, 0.6) is 5.75 Å². The van der Waals surface area contributed by atoms with Gasteiger partial charge in [-0.1, -0.05) is 0 Å². The molecule has 0 bridgehead atoms. The SMILES string of the molecule is CC(C)Oc1ccc(NC(=O)CCS(=O)(=O)N2CCOCC2)cc1. The number of hydrogen-bond acceptors (Lipinski definition) is 5. The molecule has 7 nitrogen and oxygen atoms in total. The van der Waals surface area contributed by atoms with E-state index in [0.717, 1.165) is 5.75 Å². The maximum Gasteiger partial charge on any atom is 0.225 e. The molecule has 1 aliphatic rings. The molecule has 1 amide bonds. The highest BCUT2D eigenvalue weighted by Gasteiger charge is 2.24. The molecule has 0 aliphatic carbocycles. The molecule has 0 spiro atoms. The van der Waals surface area contributed by atoms with Crippen molar-refractivity contribution in [2.45, 2.75) is 26.4 Å². The van der Waals surface area contributed by atoms with E-state index >= 15 is 0 Å². The Bertz CT molecular complexity index is 637. The molecule has 0 atom stereocenters. The Balaban J connectivity index is 1.82. The first-order chi connectivity index (χ1) is 11.4. The van der Waals surface area contributed by atoms with Gasteiger partial charge in [0.25, 0.3) is 0 Å². The minimum atomic E-state index is -3.42. The second-order valence-electron chi connectivity index (χ2n) is 5.82. The number of carbonyl (C=O) groups excluding carboxylic acids is 1. The number of sulfonamides is 1. The topological polar surface area (TPSA) is 84.9 Å². The van der Waals surface area contributed by atoms with E-state index in [1.54, 1.807) is 24.3 Å². The van der Waals surface area contributed by atoms with Gasteiger partial charge in [-0.2, -0.15) is 4.31 Å². The van der Waals surface area contributed by atoms with E-state index in [1.165, 1.54) is 4.31 Å². The molecular formula is C16H24N2O5S. The average molecular weight is 356 g/mol. The molecule has 1 aliphatic heterocycles. The van der Waals surface area contributed by atoms with Crippen LogP contribution < -0.4 is 10.1 Å². The maximum atomic E-state index is 12.2. The van der Waals surface area contributed by atoms with Gasteiger partial charge in [-0.25, -0.2) is 8.42 Å². The van der Waals surface area contributed by atoms with Crippen molar-refractivity contribution >= 4 is 21.6 Å². The molecule has 0 aromatic heterocycles. The molecule has 1 aromatic rings. The highest BCUT2D eigenvalue weighted by molar-refractivity contribution is 7.89. The average Bonchev–Trinajstić information content (AvgIpc) is 2.55. The summed E-state index contributed by atoms with van der Waals surface area (Å²) in [4.78, 5) is 12.0. The van der Waals surface area contributed by atoms with Crippen molar-refractivity contribution in [1.82, 2.24) is 4.31 Å². The second-order valence-corrected chi connectivity index (χ2v) is 7.91. The summed E-state index contributed by atoms with van der Waals surface area (Å²) in [6.07, 6.45) is 0.0000483. The van der Waals surface area contributed by atoms with Crippen molar-refractivity contribution in [3.05, 3.63) is 24.3 Å². The molecule has 0 saturated carbocycles. The van der Waals surface area contributed by atoms with Gasteiger partial charge in [0.2, 0.25) is 15.9 Å². The van der Waals surface area contributed by atoms with Crippen LogP contribution in [0.25, 0.3) is 0 Å². The van der Waals surface area contributed by atoms with Crippen LogP contribution in [-0.4, -0.2) is 56.8 Å². The Kier molecular flexibility index (Phi) is 6.59. The third-order valence-electron chi connectivity index (χ3n) is 3.46. The van der Waals surface area contributed by atoms with Crippen LogP contribution in [0.4, 0.5) is 5.69 Å². The van der Waals surface area contributed by atoms with Crippen molar-refractivity contribution in [3.8, 4) is 5.75 Å². The Hall–Kier alpha value is -1.64. The van der Waals surface area contributed by atoms with Gasteiger partial charge in [0.15, 0.2) is 0 Å². The molecular weight excluding hydrogens is 332 g/mol. The second kappa shape index (κ2) is 8.46. The predicted octanol–water partition coefficient (Wildman–Crippen LogP) is 1.46. The zero-order chi connectivity index (χ0) is 17.6. The van der Waals surface area contributed by atoms with Crippen LogP contribution in [0.2, 0.25) is 0 Å². The van der Waals surface area contributed by atoms with E-state index in [4.69, 9.17) is 9.47 Å². The number of amides is 1. The van der Waals surface area contributed by atoms with Crippen LogP contribution >= 0.6 is 0 Å². The molecule has 1 saturated heterocycles. The van der Waals surface area contributed by atoms with Crippen LogP contribution in [0.1, 0.15) is 20.3 Å². The standard InChI is InChI=1S/C16H24N2O5S/c1-13(2)23-15-5-3-14(4-6-15)17-16(19)7-12-24(20,21)18-8-10-22-11-9-18/h3-6,13H,7-12H2,1-2H3,(H,17,19). The van der Waals surface area contributed by atoms with Gasteiger partial charge in [0.05, 0.1) is 25.1 Å². The first kappa shape index (κ1) is 18.7. The van der Waals surface area contributed by atoms with Gasteiger partial charge in [-0.05, 0) is 38.1 Å². The molecule has 8 heteroatoms. The van der Waals surface area contributed by atoms with Gasteiger partial charge in [0, 0.05) is 25.2 Å². The third-order valence-corrected chi connectivity index (χ3v) is 5.33. The van der Waals surface area contributed by atoms with Gasteiger partial charge in [-0.3, -0.25) is 4.79 Å². The maximum absolute atomic E-state index is 12.2. The number of benzene rings is 1. The fourth-order valence-electron chi connectivity index (χ4n) is 2.29. The lowest BCUT2D eigenvalue weighted by Gasteiger charge is -2.25. The summed E-state index contributed by atoms with van der Waals surface area (Å²) in [5.74, 6) is 0.190. The fraction of sp³-hybridized carbons (Fsp3) is 0.562. The van der Waals surface area contributed by atoms with Gasteiger partial charge >= 0.3 is 0 Å². The van der Waals surface area contributed by atoms with Crippen LogP contribution in [0.15, 0.2) is 24.3 Å². The van der Waals surface area contributed by atoms with Gasteiger partial charge in [0.1, 0.15) is 5.75 Å². The highest BCUT2D eigenvalue weighted by atomic mass is 32.2. The molecule has 134 valence electrons. The van der Waals surface area contributed by atoms with Crippen molar-refractivity contribution in [3.63, 3.8) is 0 Å². The monoisotopic (exact) mass is 356 g/mol. The Morgan fingerprint density at radius 1 is 1.25 bits per heavy atom. The number of hydrogen-bond donors (Lipinski definition) is 1. The number of carbonyl (C=O) groups is 1. The number of nitrogens with zero attached hydrogens (tertiary/aromatic N) is 1. The molecule has 24 heavy (non-hydrogen) atoms. The minimum absolute atomic E-state index is 0.0794. The lowest BCUT2D eigenvalue weighted by Crippen LogP contribution is -2.42. The molecule has 1 fully saturated rings. The number of anilines is 1. The summed E-state index contributed by atoms with van der Waals surface area (Å²) in [6, 6.07) is 6.98. The first-order valence-corrected chi connectivity index (χ1v) is 9.60. The van der Waals surface area contributed by atoms with E-state index in [2.05, 4.69) is 5.32 Å². The molecule has 1 aromatic carbocycles. The minimum Gasteiger partial charge on any atom is -0.491 e. The van der Waals surface area contributed by atoms with E-state index < -0.39 is 10.0 Å². The molecule has 1 N–H and O–H groups in total. The van der Waals surface area contributed by atoms with Gasteiger partial charge in [-0.15, -0.1) is 0 Å². The fourth-order valence-corrected chi connectivity index (χ4v) is 3.69. The highest BCUT2D eigenvalue weighted by Crippen LogP contribution is 2.17. The van der Waals surface area contributed by atoms with Crippen molar-refractivity contribution in [2.24, 2.45) is 0 Å². The first-order valence-electron chi connectivity index (χ1n) is 7.99. The number of ether oxygens (including phenoxy) is 2. The Labute approximate surface area is 143 Å². The summed E-state index contributed by atoms with van der Waals surface area (Å²) < 4.78 is 36.4. The number of morpholine rings is 1. The normalized spacial score (nSPS) is 16.1. The summed E-state index contributed by atoms with van der Waals surface area (Å²) in [5, 5.41) is 2.70. The van der Waals surface area contributed by atoms with Crippen molar-refractivity contribution in [1.29, 1.82) is 0 Å².